The first-order valence-electron chi connectivity index (χ1n) is 5.28. The van der Waals surface area contributed by atoms with Crippen molar-refractivity contribution in [2.75, 3.05) is 0 Å². The lowest BCUT2D eigenvalue weighted by Crippen LogP contribution is -1.94. The maximum Gasteiger partial charge on any atom is 0.121 e. The summed E-state index contributed by atoms with van der Waals surface area (Å²) in [6, 6.07) is 15.0. The van der Waals surface area contributed by atoms with Gasteiger partial charge < -0.3 is 3.07 Å². The topological polar surface area (TPSA) is 9.23 Å². The molecule has 3 rings (SSSR count). The number of aryl methyl sites for hydroxylation is 1. The molecule has 0 bridgehead atoms. The Kier molecular flexibility index (Phi) is 2.48. The van der Waals surface area contributed by atoms with Crippen molar-refractivity contribution < 1.29 is 3.07 Å². The molecule has 2 aromatic rings. The van der Waals surface area contributed by atoms with Crippen LogP contribution >= 0.6 is 23.0 Å². The van der Waals surface area contributed by atoms with E-state index in [9.17, 15) is 0 Å². The maximum atomic E-state index is 5.57. The summed E-state index contributed by atoms with van der Waals surface area (Å²) in [5.41, 5.74) is 6.47. The van der Waals surface area contributed by atoms with Crippen LogP contribution in [0.15, 0.2) is 42.5 Å². The molecule has 0 N–H and O–H groups in total. The Labute approximate surface area is 109 Å². The molecular weight excluding hydrogens is 311 g/mol. The first-order chi connectivity index (χ1) is 7.81. The van der Waals surface area contributed by atoms with Crippen LogP contribution in [0.3, 0.4) is 0 Å². The predicted molar refractivity (Wildman–Crippen MR) is 73.6 cm³/mol. The van der Waals surface area contributed by atoms with E-state index in [-0.39, 0.29) is 6.10 Å². The molecule has 0 aromatic heterocycles. The molecule has 0 spiro atoms. The van der Waals surface area contributed by atoms with E-state index < -0.39 is 0 Å². The molecule has 1 aliphatic carbocycles. The fraction of sp³-hybridized carbons (Fsp3) is 0.143. The van der Waals surface area contributed by atoms with Crippen LogP contribution in [0.2, 0.25) is 0 Å². The van der Waals surface area contributed by atoms with Gasteiger partial charge in [-0.15, -0.1) is 0 Å². The zero-order valence-corrected chi connectivity index (χ0v) is 11.1. The van der Waals surface area contributed by atoms with Crippen LogP contribution in [0, 0.1) is 6.92 Å². The summed E-state index contributed by atoms with van der Waals surface area (Å²) in [5.74, 6) is 0. The molecule has 1 unspecified atom stereocenters. The highest BCUT2D eigenvalue weighted by Gasteiger charge is 2.28. The van der Waals surface area contributed by atoms with Crippen LogP contribution in [0.4, 0.5) is 0 Å². The summed E-state index contributed by atoms with van der Waals surface area (Å²) in [6.07, 6.45) is 0.0902. The van der Waals surface area contributed by atoms with Gasteiger partial charge in [-0.05, 0) is 29.2 Å². The van der Waals surface area contributed by atoms with E-state index in [0.29, 0.717) is 0 Å². The van der Waals surface area contributed by atoms with Gasteiger partial charge in [-0.2, -0.15) is 0 Å². The van der Waals surface area contributed by atoms with Gasteiger partial charge in [0, 0.05) is 0 Å². The van der Waals surface area contributed by atoms with Crippen molar-refractivity contribution in [3.05, 3.63) is 59.2 Å². The second-order valence-corrected chi connectivity index (χ2v) is 4.66. The van der Waals surface area contributed by atoms with Crippen molar-refractivity contribution in [2.45, 2.75) is 13.0 Å². The van der Waals surface area contributed by atoms with Gasteiger partial charge in [0.2, 0.25) is 0 Å². The lowest BCUT2D eigenvalue weighted by molar-refractivity contribution is 0.350. The molecule has 1 aliphatic rings. The molecule has 80 valence electrons. The van der Waals surface area contributed by atoms with Gasteiger partial charge in [-0.1, -0.05) is 48.0 Å². The molecule has 2 heteroatoms. The fourth-order valence-electron chi connectivity index (χ4n) is 2.37. The molecule has 0 aliphatic heterocycles. The summed E-state index contributed by atoms with van der Waals surface area (Å²) >= 11 is 1.99. The molecular formula is C14H11IO. The van der Waals surface area contributed by atoms with E-state index in [2.05, 4.69) is 49.4 Å². The first-order valence-corrected chi connectivity index (χ1v) is 6.16. The highest BCUT2D eigenvalue weighted by molar-refractivity contribution is 14.1. The Morgan fingerprint density at radius 2 is 1.75 bits per heavy atom. The number of fused-ring (bicyclic) bond motifs is 3. The van der Waals surface area contributed by atoms with E-state index in [1.165, 1.54) is 27.8 Å². The van der Waals surface area contributed by atoms with E-state index in [1.807, 2.05) is 23.0 Å². The predicted octanol–water partition coefficient (Wildman–Crippen LogP) is 4.43. The standard InChI is InChI=1S/C14H11IO/c1-9-6-7-12-13(8-9)10-4-2-3-5-11(10)14(12)16-15/h2-8,14H,1H3. The van der Waals surface area contributed by atoms with Gasteiger partial charge >= 0.3 is 0 Å². The number of benzene rings is 2. The number of hydrogen-bond donors (Lipinski definition) is 0. The normalized spacial score (nSPS) is 17.0. The number of hydrogen-bond acceptors (Lipinski definition) is 1. The summed E-state index contributed by atoms with van der Waals surface area (Å²) < 4.78 is 5.57. The largest absolute Gasteiger partial charge is 0.303 e. The van der Waals surface area contributed by atoms with Gasteiger partial charge in [0.15, 0.2) is 0 Å². The zero-order valence-electron chi connectivity index (χ0n) is 8.91. The Morgan fingerprint density at radius 3 is 2.56 bits per heavy atom. The summed E-state index contributed by atoms with van der Waals surface area (Å²) in [7, 11) is 0. The second kappa shape index (κ2) is 3.86. The molecule has 1 atom stereocenters. The van der Waals surface area contributed by atoms with Crippen LogP contribution in [-0.4, -0.2) is 0 Å². The lowest BCUT2D eigenvalue weighted by Gasteiger charge is -2.08. The van der Waals surface area contributed by atoms with Gasteiger partial charge in [0.25, 0.3) is 0 Å². The molecule has 16 heavy (non-hydrogen) atoms. The highest BCUT2D eigenvalue weighted by Crippen LogP contribution is 2.46. The summed E-state index contributed by atoms with van der Waals surface area (Å²) in [4.78, 5) is 0. The Hall–Kier alpha value is -0.870. The van der Waals surface area contributed by atoms with Crippen molar-refractivity contribution in [1.29, 1.82) is 0 Å². The molecule has 0 radical (unpaired) electrons. The number of halogens is 1. The third-order valence-corrected chi connectivity index (χ3v) is 3.62. The zero-order chi connectivity index (χ0) is 11.1. The van der Waals surface area contributed by atoms with Crippen LogP contribution in [0.5, 0.6) is 0 Å². The van der Waals surface area contributed by atoms with Gasteiger partial charge in [0.1, 0.15) is 29.1 Å². The van der Waals surface area contributed by atoms with E-state index >= 15 is 0 Å². The van der Waals surface area contributed by atoms with Crippen molar-refractivity contribution >= 4 is 23.0 Å². The van der Waals surface area contributed by atoms with Crippen LogP contribution in [0.1, 0.15) is 22.8 Å². The smallest absolute Gasteiger partial charge is 0.121 e. The summed E-state index contributed by atoms with van der Waals surface area (Å²) in [6.45, 7) is 2.13. The fourth-order valence-corrected chi connectivity index (χ4v) is 2.91. The van der Waals surface area contributed by atoms with Crippen molar-refractivity contribution in [3.63, 3.8) is 0 Å². The molecule has 0 amide bonds. The quantitative estimate of drug-likeness (QED) is 0.706. The third kappa shape index (κ3) is 1.40. The second-order valence-electron chi connectivity index (χ2n) is 4.15. The van der Waals surface area contributed by atoms with Crippen molar-refractivity contribution in [3.8, 4) is 11.1 Å². The van der Waals surface area contributed by atoms with E-state index in [0.717, 1.165) is 0 Å². The maximum absolute atomic E-state index is 5.57. The first kappa shape index (κ1) is 10.3. The summed E-state index contributed by atoms with van der Waals surface area (Å²) in [5, 5.41) is 0. The average molecular weight is 322 g/mol. The molecule has 2 aromatic carbocycles. The molecule has 1 nitrogen and oxygen atoms in total. The minimum atomic E-state index is 0.0902. The Bertz CT molecular complexity index is 548. The van der Waals surface area contributed by atoms with Crippen molar-refractivity contribution in [1.82, 2.24) is 0 Å². The molecule has 0 fully saturated rings. The van der Waals surface area contributed by atoms with Crippen molar-refractivity contribution in [2.24, 2.45) is 0 Å². The minimum absolute atomic E-state index is 0.0902. The number of rotatable bonds is 1. The third-order valence-electron chi connectivity index (χ3n) is 3.11. The lowest BCUT2D eigenvalue weighted by atomic mass is 10.0. The Morgan fingerprint density at radius 1 is 1.00 bits per heavy atom. The van der Waals surface area contributed by atoms with Crippen LogP contribution < -0.4 is 0 Å². The van der Waals surface area contributed by atoms with E-state index in [4.69, 9.17) is 3.07 Å². The monoisotopic (exact) mass is 322 g/mol. The van der Waals surface area contributed by atoms with Gasteiger partial charge in [-0.3, -0.25) is 0 Å². The molecule has 0 saturated heterocycles. The van der Waals surface area contributed by atoms with Crippen LogP contribution in [0.25, 0.3) is 11.1 Å². The highest BCUT2D eigenvalue weighted by atomic mass is 127. The van der Waals surface area contributed by atoms with Crippen LogP contribution in [-0.2, 0) is 3.07 Å². The molecule has 0 heterocycles. The molecule has 0 saturated carbocycles. The SMILES string of the molecule is Cc1ccc2c(c1)-c1ccccc1C2OI. The van der Waals surface area contributed by atoms with Gasteiger partial charge in [0.05, 0.1) is 0 Å². The average Bonchev–Trinajstić information content (AvgIpc) is 2.62. The minimum Gasteiger partial charge on any atom is -0.303 e. The van der Waals surface area contributed by atoms with E-state index in [1.54, 1.807) is 0 Å². The van der Waals surface area contributed by atoms with Gasteiger partial charge in [-0.25, -0.2) is 0 Å². The Balaban J connectivity index is 2.30.